The van der Waals surface area contributed by atoms with E-state index in [1.165, 1.54) is 5.56 Å². The van der Waals surface area contributed by atoms with Gasteiger partial charge in [-0.2, -0.15) is 0 Å². The minimum atomic E-state index is 0.397. The Morgan fingerprint density at radius 2 is 1.52 bits per heavy atom. The number of hydrogen-bond donors (Lipinski definition) is 0. The van der Waals surface area contributed by atoms with Gasteiger partial charge in [0.2, 0.25) is 0 Å². The van der Waals surface area contributed by atoms with Gasteiger partial charge in [-0.3, -0.25) is 0 Å². The Morgan fingerprint density at radius 1 is 0.818 bits per heavy atom. The fourth-order valence-electron chi connectivity index (χ4n) is 3.38. The molecule has 2 aromatic heterocycles. The molecular formula is C25H27N3O5. The van der Waals surface area contributed by atoms with Gasteiger partial charge in [0.1, 0.15) is 31.0 Å². The molecule has 8 nitrogen and oxygen atoms in total. The smallest absolute Gasteiger partial charge is 0.163 e. The Labute approximate surface area is 192 Å². The predicted molar refractivity (Wildman–Crippen MR) is 124 cm³/mol. The van der Waals surface area contributed by atoms with Gasteiger partial charge >= 0.3 is 0 Å². The summed E-state index contributed by atoms with van der Waals surface area (Å²) in [6.07, 6.45) is 2.01. The molecular weight excluding hydrogens is 422 g/mol. The standard InChI is InChI=1S/C25H27N3O5/c1-17-4-6-18(7-5-17)21-12-19(33-28-21)13-22-20-14-24(31-10-8-29-2)25(32-11-9-30-3)15-23(20)27-16-26-22/h4-7,12,14-16H,8-11,13H2,1-3H3. The van der Waals surface area contributed by atoms with Crippen molar-refractivity contribution in [2.75, 3.05) is 40.6 Å². The van der Waals surface area contributed by atoms with Crippen molar-refractivity contribution in [2.45, 2.75) is 13.3 Å². The number of ether oxygens (including phenoxy) is 4. The quantitative estimate of drug-likeness (QED) is 0.314. The van der Waals surface area contributed by atoms with Crippen LogP contribution in [0.4, 0.5) is 0 Å². The number of aromatic nitrogens is 3. The van der Waals surface area contributed by atoms with Gasteiger partial charge < -0.3 is 23.5 Å². The monoisotopic (exact) mass is 449 g/mol. The lowest BCUT2D eigenvalue weighted by Crippen LogP contribution is -2.09. The summed E-state index contributed by atoms with van der Waals surface area (Å²) in [6, 6.07) is 13.9. The van der Waals surface area contributed by atoms with Crippen LogP contribution in [0, 0.1) is 6.92 Å². The van der Waals surface area contributed by atoms with Gasteiger partial charge in [-0.1, -0.05) is 35.0 Å². The van der Waals surface area contributed by atoms with Crippen LogP contribution in [0.2, 0.25) is 0 Å². The molecule has 2 heterocycles. The average molecular weight is 450 g/mol. The number of hydrogen-bond acceptors (Lipinski definition) is 8. The van der Waals surface area contributed by atoms with Gasteiger partial charge in [-0.05, 0) is 13.0 Å². The molecule has 4 rings (SSSR count). The molecule has 0 amide bonds. The van der Waals surface area contributed by atoms with E-state index in [-0.39, 0.29) is 0 Å². The Bertz CT molecular complexity index is 1190. The van der Waals surface area contributed by atoms with Gasteiger partial charge in [0, 0.05) is 37.3 Å². The largest absolute Gasteiger partial charge is 0.487 e. The molecule has 0 spiro atoms. The molecule has 33 heavy (non-hydrogen) atoms. The molecule has 0 saturated carbocycles. The molecule has 2 aromatic carbocycles. The van der Waals surface area contributed by atoms with E-state index in [0.29, 0.717) is 50.1 Å². The Kier molecular flexibility index (Phi) is 7.49. The molecule has 0 aliphatic carbocycles. The molecule has 8 heteroatoms. The third-order valence-electron chi connectivity index (χ3n) is 5.12. The van der Waals surface area contributed by atoms with Crippen molar-refractivity contribution in [3.8, 4) is 22.8 Å². The van der Waals surface area contributed by atoms with Crippen LogP contribution < -0.4 is 9.47 Å². The molecule has 4 aromatic rings. The van der Waals surface area contributed by atoms with Gasteiger partial charge in [0.15, 0.2) is 11.5 Å². The number of fused-ring (bicyclic) bond motifs is 1. The first kappa shape index (κ1) is 22.7. The van der Waals surface area contributed by atoms with Crippen LogP contribution >= 0.6 is 0 Å². The van der Waals surface area contributed by atoms with Gasteiger partial charge in [-0.25, -0.2) is 9.97 Å². The first-order valence-electron chi connectivity index (χ1n) is 10.7. The summed E-state index contributed by atoms with van der Waals surface area (Å²) in [6.45, 7) is 3.79. The Hall–Kier alpha value is -3.49. The number of methoxy groups -OCH3 is 2. The topological polar surface area (TPSA) is 88.7 Å². The van der Waals surface area contributed by atoms with Crippen molar-refractivity contribution in [2.24, 2.45) is 0 Å². The SMILES string of the molecule is COCCOc1cc2ncnc(Cc3cc(-c4ccc(C)cc4)no3)c2cc1OCCOC. The lowest BCUT2D eigenvalue weighted by Gasteiger charge is -2.14. The highest BCUT2D eigenvalue weighted by molar-refractivity contribution is 5.84. The molecule has 0 aliphatic rings. The minimum Gasteiger partial charge on any atom is -0.487 e. The molecule has 0 N–H and O–H groups in total. The van der Waals surface area contributed by atoms with E-state index in [2.05, 4.69) is 34.2 Å². The zero-order chi connectivity index (χ0) is 23.0. The van der Waals surface area contributed by atoms with E-state index in [1.807, 2.05) is 30.3 Å². The fraction of sp³-hybridized carbons (Fsp3) is 0.320. The lowest BCUT2D eigenvalue weighted by atomic mass is 10.1. The van der Waals surface area contributed by atoms with Gasteiger partial charge in [-0.15, -0.1) is 0 Å². The maximum atomic E-state index is 5.91. The van der Waals surface area contributed by atoms with E-state index < -0.39 is 0 Å². The zero-order valence-corrected chi connectivity index (χ0v) is 19.0. The average Bonchev–Trinajstić information content (AvgIpc) is 3.29. The van der Waals surface area contributed by atoms with Gasteiger partial charge in [0.05, 0.1) is 30.8 Å². The van der Waals surface area contributed by atoms with E-state index in [9.17, 15) is 0 Å². The molecule has 0 aliphatic heterocycles. The molecule has 0 radical (unpaired) electrons. The highest BCUT2D eigenvalue weighted by atomic mass is 16.5. The summed E-state index contributed by atoms with van der Waals surface area (Å²) < 4.78 is 27.6. The number of rotatable bonds is 11. The molecule has 0 atom stereocenters. The van der Waals surface area contributed by atoms with E-state index in [4.69, 9.17) is 23.5 Å². The maximum Gasteiger partial charge on any atom is 0.163 e. The third kappa shape index (κ3) is 5.66. The highest BCUT2D eigenvalue weighted by Crippen LogP contribution is 2.33. The van der Waals surface area contributed by atoms with Crippen molar-refractivity contribution in [3.05, 3.63) is 65.8 Å². The zero-order valence-electron chi connectivity index (χ0n) is 19.0. The maximum absolute atomic E-state index is 5.91. The van der Waals surface area contributed by atoms with Crippen LogP contribution in [0.3, 0.4) is 0 Å². The van der Waals surface area contributed by atoms with Crippen LogP contribution in [-0.2, 0) is 15.9 Å². The first-order valence-corrected chi connectivity index (χ1v) is 10.7. The van der Waals surface area contributed by atoms with Gasteiger partial charge in [0.25, 0.3) is 0 Å². The Morgan fingerprint density at radius 3 is 2.21 bits per heavy atom. The molecule has 0 saturated heterocycles. The highest BCUT2D eigenvalue weighted by Gasteiger charge is 2.15. The molecule has 0 unspecified atom stereocenters. The van der Waals surface area contributed by atoms with Crippen molar-refractivity contribution in [3.63, 3.8) is 0 Å². The minimum absolute atomic E-state index is 0.397. The van der Waals surface area contributed by atoms with Crippen molar-refractivity contribution < 1.29 is 23.5 Å². The molecule has 0 fully saturated rings. The van der Waals surface area contributed by atoms with E-state index in [0.717, 1.165) is 27.9 Å². The summed E-state index contributed by atoms with van der Waals surface area (Å²) in [4.78, 5) is 8.92. The lowest BCUT2D eigenvalue weighted by molar-refractivity contribution is 0.132. The van der Waals surface area contributed by atoms with Crippen LogP contribution in [0.5, 0.6) is 11.5 Å². The van der Waals surface area contributed by atoms with Crippen LogP contribution in [0.1, 0.15) is 17.0 Å². The van der Waals surface area contributed by atoms with Crippen LogP contribution in [0.25, 0.3) is 22.2 Å². The van der Waals surface area contributed by atoms with Crippen molar-refractivity contribution in [1.29, 1.82) is 0 Å². The van der Waals surface area contributed by atoms with Crippen molar-refractivity contribution in [1.82, 2.24) is 15.1 Å². The second kappa shape index (κ2) is 10.9. The summed E-state index contributed by atoms with van der Waals surface area (Å²) in [5.74, 6) is 1.92. The van der Waals surface area contributed by atoms with Crippen LogP contribution in [-0.4, -0.2) is 55.8 Å². The summed E-state index contributed by atoms with van der Waals surface area (Å²) in [7, 11) is 3.26. The fourth-order valence-corrected chi connectivity index (χ4v) is 3.38. The second-order valence-electron chi connectivity index (χ2n) is 7.54. The van der Waals surface area contributed by atoms with E-state index >= 15 is 0 Å². The second-order valence-corrected chi connectivity index (χ2v) is 7.54. The number of aryl methyl sites for hydroxylation is 1. The third-order valence-corrected chi connectivity index (χ3v) is 5.12. The normalized spacial score (nSPS) is 11.1. The molecule has 172 valence electrons. The first-order chi connectivity index (χ1) is 16.2. The summed E-state index contributed by atoms with van der Waals surface area (Å²) in [5.41, 5.74) is 4.57. The van der Waals surface area contributed by atoms with Crippen LogP contribution in [0.15, 0.2) is 53.3 Å². The summed E-state index contributed by atoms with van der Waals surface area (Å²) in [5, 5.41) is 5.09. The molecule has 0 bridgehead atoms. The Balaban J connectivity index is 1.62. The number of nitrogens with zero attached hydrogens (tertiary/aromatic N) is 3. The number of benzene rings is 2. The predicted octanol–water partition coefficient (Wildman–Crippen LogP) is 4.23. The van der Waals surface area contributed by atoms with Crippen molar-refractivity contribution >= 4 is 10.9 Å². The van der Waals surface area contributed by atoms with E-state index in [1.54, 1.807) is 20.5 Å². The summed E-state index contributed by atoms with van der Waals surface area (Å²) >= 11 is 0.